The summed E-state index contributed by atoms with van der Waals surface area (Å²) in [4.78, 5) is 30.5. The summed E-state index contributed by atoms with van der Waals surface area (Å²) in [5.74, 6) is 0.166. The Morgan fingerprint density at radius 3 is 2.47 bits per heavy atom. The monoisotopic (exact) mass is 523 g/mol. The lowest BCUT2D eigenvalue weighted by Crippen LogP contribution is -2.42. The second-order valence-electron chi connectivity index (χ2n) is 8.48. The smallest absolute Gasteiger partial charge is 0.410 e. The van der Waals surface area contributed by atoms with E-state index in [2.05, 4.69) is 10.3 Å². The van der Waals surface area contributed by atoms with Crippen molar-refractivity contribution in [1.29, 1.82) is 0 Å². The van der Waals surface area contributed by atoms with E-state index in [1.165, 1.54) is 7.11 Å². The van der Waals surface area contributed by atoms with Crippen LogP contribution in [0.1, 0.15) is 22.9 Å². The number of nitrogens with one attached hydrogen (secondary N) is 2. The van der Waals surface area contributed by atoms with Crippen LogP contribution in [0.3, 0.4) is 0 Å². The molecule has 184 valence electrons. The van der Waals surface area contributed by atoms with Crippen LogP contribution >= 0.6 is 23.2 Å². The normalized spacial score (nSPS) is 15.0. The van der Waals surface area contributed by atoms with E-state index in [1.54, 1.807) is 41.3 Å². The average molecular weight is 524 g/mol. The predicted octanol–water partition coefficient (Wildman–Crippen LogP) is 6.21. The molecule has 2 N–H and O–H groups in total. The Kier molecular flexibility index (Phi) is 6.87. The third-order valence-electron chi connectivity index (χ3n) is 6.13. The quantitative estimate of drug-likeness (QED) is 0.325. The van der Waals surface area contributed by atoms with Crippen LogP contribution in [0.15, 0.2) is 66.7 Å². The van der Waals surface area contributed by atoms with E-state index in [0.29, 0.717) is 34.4 Å². The molecule has 4 aromatic rings. The van der Waals surface area contributed by atoms with Gasteiger partial charge >= 0.3 is 6.09 Å². The maximum atomic E-state index is 13.4. The minimum absolute atomic E-state index is 0.0321. The average Bonchev–Trinajstić information content (AvgIpc) is 3.23. The first-order chi connectivity index (χ1) is 17.4. The first kappa shape index (κ1) is 24.2. The van der Waals surface area contributed by atoms with Gasteiger partial charge in [-0.3, -0.25) is 9.69 Å². The number of ether oxygens (including phenoxy) is 2. The van der Waals surface area contributed by atoms with Crippen LogP contribution in [0.5, 0.6) is 5.75 Å². The lowest BCUT2D eigenvalue weighted by Gasteiger charge is -2.35. The molecule has 1 aliphatic rings. The number of amides is 2. The summed E-state index contributed by atoms with van der Waals surface area (Å²) in [6.45, 7) is 0.422. The number of nitrogens with zero attached hydrogens (tertiary/aromatic N) is 1. The van der Waals surface area contributed by atoms with Crippen molar-refractivity contribution in [3.8, 4) is 5.75 Å². The molecule has 0 saturated carbocycles. The van der Waals surface area contributed by atoms with Crippen LogP contribution < -0.4 is 10.1 Å². The standard InChI is InChI=1S/C27H23Cl2N3O4/c1-35-15-24(33)30-19-7-2-16(3-8-19)26-25-21(22-14-18(29)6-11-23(22)31-25)12-13-32(26)27(34)36-20-9-4-17(28)5-10-20/h2-11,14,26,31H,12-13,15H2,1H3,(H,30,33). The Balaban J connectivity index is 1.51. The number of anilines is 1. The van der Waals surface area contributed by atoms with Gasteiger partial charge in [-0.15, -0.1) is 0 Å². The van der Waals surface area contributed by atoms with Crippen molar-refractivity contribution in [1.82, 2.24) is 9.88 Å². The molecular formula is C27H23Cl2N3O4. The number of H-pyrrole nitrogens is 1. The van der Waals surface area contributed by atoms with Crippen molar-refractivity contribution in [2.75, 3.05) is 25.6 Å². The van der Waals surface area contributed by atoms with Gasteiger partial charge in [0.05, 0.1) is 0 Å². The first-order valence-corrected chi connectivity index (χ1v) is 12.1. The summed E-state index contributed by atoms with van der Waals surface area (Å²) in [7, 11) is 1.47. The molecule has 3 aromatic carbocycles. The van der Waals surface area contributed by atoms with E-state index in [-0.39, 0.29) is 12.5 Å². The Bertz CT molecular complexity index is 1420. The molecule has 2 amide bonds. The van der Waals surface area contributed by atoms with Crippen LogP contribution in [-0.2, 0) is 16.0 Å². The SMILES string of the molecule is COCC(=O)Nc1ccc(C2c3[nH]c4ccc(Cl)cc4c3CCN2C(=O)Oc2ccc(Cl)cc2)cc1. The van der Waals surface area contributed by atoms with Crippen molar-refractivity contribution in [3.63, 3.8) is 0 Å². The van der Waals surface area contributed by atoms with Crippen LogP contribution in [0.25, 0.3) is 10.9 Å². The van der Waals surface area contributed by atoms with Crippen molar-refractivity contribution in [3.05, 3.63) is 93.6 Å². The number of aromatic amines is 1. The molecule has 1 atom stereocenters. The number of carbonyl (C=O) groups excluding carboxylic acids is 2. The molecule has 1 unspecified atom stereocenters. The molecule has 9 heteroatoms. The van der Waals surface area contributed by atoms with E-state index in [1.807, 2.05) is 30.3 Å². The molecule has 0 saturated heterocycles. The summed E-state index contributed by atoms with van der Waals surface area (Å²) in [5.41, 5.74) is 4.47. The van der Waals surface area contributed by atoms with Crippen molar-refractivity contribution < 1.29 is 19.1 Å². The van der Waals surface area contributed by atoms with Crippen molar-refractivity contribution >= 4 is 51.8 Å². The molecule has 0 spiro atoms. The highest BCUT2D eigenvalue weighted by Crippen LogP contribution is 2.39. The summed E-state index contributed by atoms with van der Waals surface area (Å²) in [6, 6.07) is 19.4. The Morgan fingerprint density at radius 2 is 1.75 bits per heavy atom. The molecule has 7 nitrogen and oxygen atoms in total. The number of halogens is 2. The van der Waals surface area contributed by atoms with E-state index < -0.39 is 12.1 Å². The maximum absolute atomic E-state index is 13.4. The van der Waals surface area contributed by atoms with E-state index in [4.69, 9.17) is 32.7 Å². The number of hydrogen-bond donors (Lipinski definition) is 2. The molecule has 5 rings (SSSR count). The largest absolute Gasteiger partial charge is 0.416 e. The zero-order chi connectivity index (χ0) is 25.2. The highest BCUT2D eigenvalue weighted by Gasteiger charge is 2.35. The highest BCUT2D eigenvalue weighted by atomic mass is 35.5. The second kappa shape index (κ2) is 10.2. The van der Waals surface area contributed by atoms with Gasteiger partial charge in [0.2, 0.25) is 5.91 Å². The second-order valence-corrected chi connectivity index (χ2v) is 9.35. The van der Waals surface area contributed by atoms with E-state index in [0.717, 1.165) is 27.7 Å². The fourth-order valence-electron chi connectivity index (χ4n) is 4.54. The van der Waals surface area contributed by atoms with E-state index in [9.17, 15) is 9.59 Å². The third kappa shape index (κ3) is 4.91. The van der Waals surface area contributed by atoms with Gasteiger partial charge in [0.15, 0.2) is 0 Å². The van der Waals surface area contributed by atoms with Crippen molar-refractivity contribution in [2.24, 2.45) is 0 Å². The molecule has 2 heterocycles. The Morgan fingerprint density at radius 1 is 1.03 bits per heavy atom. The van der Waals surface area contributed by atoms with E-state index >= 15 is 0 Å². The fourth-order valence-corrected chi connectivity index (χ4v) is 4.84. The van der Waals surface area contributed by atoms with Crippen LogP contribution in [0.4, 0.5) is 10.5 Å². The molecule has 1 aromatic heterocycles. The summed E-state index contributed by atoms with van der Waals surface area (Å²) in [6.07, 6.45) is 0.176. The number of rotatable bonds is 5. The summed E-state index contributed by atoms with van der Waals surface area (Å²) >= 11 is 12.3. The minimum atomic E-state index is -0.470. The zero-order valence-corrected chi connectivity index (χ0v) is 20.9. The fraction of sp³-hybridized carbons (Fsp3) is 0.185. The Hall–Kier alpha value is -3.52. The van der Waals surface area contributed by atoms with Crippen LogP contribution in [-0.4, -0.2) is 42.1 Å². The lowest BCUT2D eigenvalue weighted by atomic mass is 9.92. The number of benzene rings is 3. The van der Waals surface area contributed by atoms with Gasteiger partial charge in [-0.05, 0) is 72.1 Å². The van der Waals surface area contributed by atoms with Gasteiger partial charge in [0.1, 0.15) is 18.4 Å². The number of methoxy groups -OCH3 is 1. The highest BCUT2D eigenvalue weighted by molar-refractivity contribution is 6.31. The summed E-state index contributed by atoms with van der Waals surface area (Å²) < 4.78 is 10.6. The van der Waals surface area contributed by atoms with Gasteiger partial charge < -0.3 is 19.8 Å². The topological polar surface area (TPSA) is 83.7 Å². The maximum Gasteiger partial charge on any atom is 0.416 e. The Labute approximate surface area is 217 Å². The molecule has 0 bridgehead atoms. The number of hydrogen-bond acceptors (Lipinski definition) is 4. The molecule has 0 fully saturated rings. The number of carbonyl (C=O) groups is 2. The van der Waals surface area contributed by atoms with Gasteiger partial charge in [0.25, 0.3) is 0 Å². The first-order valence-electron chi connectivity index (χ1n) is 11.4. The number of fused-ring (bicyclic) bond motifs is 3. The predicted molar refractivity (Wildman–Crippen MR) is 140 cm³/mol. The molecule has 1 aliphatic heterocycles. The summed E-state index contributed by atoms with van der Waals surface area (Å²) in [5, 5.41) is 5.04. The van der Waals surface area contributed by atoms with Gasteiger partial charge in [-0.2, -0.15) is 0 Å². The molecular weight excluding hydrogens is 501 g/mol. The third-order valence-corrected chi connectivity index (χ3v) is 6.61. The molecule has 0 radical (unpaired) electrons. The van der Waals surface area contributed by atoms with Crippen LogP contribution in [0, 0.1) is 0 Å². The number of aromatic nitrogens is 1. The van der Waals surface area contributed by atoms with Gasteiger partial charge in [-0.25, -0.2) is 4.79 Å². The molecule has 0 aliphatic carbocycles. The zero-order valence-electron chi connectivity index (χ0n) is 19.4. The lowest BCUT2D eigenvalue weighted by molar-refractivity contribution is -0.119. The van der Waals surface area contributed by atoms with Gasteiger partial charge in [-0.1, -0.05) is 35.3 Å². The molecule has 36 heavy (non-hydrogen) atoms. The minimum Gasteiger partial charge on any atom is -0.410 e. The van der Waals surface area contributed by atoms with Crippen LogP contribution in [0.2, 0.25) is 10.0 Å². The van der Waals surface area contributed by atoms with Gasteiger partial charge in [0, 0.05) is 46.0 Å². The van der Waals surface area contributed by atoms with Crippen molar-refractivity contribution in [2.45, 2.75) is 12.5 Å².